The van der Waals surface area contributed by atoms with E-state index in [4.69, 9.17) is 0 Å². The van der Waals surface area contributed by atoms with Gasteiger partial charge in [-0.2, -0.15) is 0 Å². The summed E-state index contributed by atoms with van der Waals surface area (Å²) in [5.41, 5.74) is 5.52. The van der Waals surface area contributed by atoms with Crippen LogP contribution in [0.25, 0.3) is 21.8 Å². The summed E-state index contributed by atoms with van der Waals surface area (Å²) in [5.74, 6) is 0. The minimum absolute atomic E-state index is 0.683. The third-order valence-electron chi connectivity index (χ3n) is 7.95. The van der Waals surface area contributed by atoms with Gasteiger partial charge in [-0.25, -0.2) is 0 Å². The predicted molar refractivity (Wildman–Crippen MR) is 141 cm³/mol. The quantitative estimate of drug-likeness (QED) is 0.391. The topological polar surface area (TPSA) is 15.8 Å². The van der Waals surface area contributed by atoms with Crippen LogP contribution in [0.5, 0.6) is 0 Å². The number of aromatic nitrogens is 1. The van der Waals surface area contributed by atoms with Crippen LogP contribution in [0, 0.1) is 0 Å². The minimum atomic E-state index is -1.28. The molecule has 1 nitrogen and oxygen atoms in total. The molecule has 1 aromatic heterocycles. The first kappa shape index (κ1) is 22.8. The van der Waals surface area contributed by atoms with Crippen LogP contribution in [0.2, 0.25) is 0 Å². The van der Waals surface area contributed by atoms with E-state index in [2.05, 4.69) is 110 Å². The molecule has 3 rings (SSSR count). The lowest BCUT2D eigenvalue weighted by Gasteiger charge is -2.31. The van der Waals surface area contributed by atoms with Crippen LogP contribution in [-0.4, -0.2) is 40.9 Å². The van der Waals surface area contributed by atoms with Gasteiger partial charge in [-0.1, -0.05) is 24.3 Å². The Morgan fingerprint density at radius 2 is 0.862 bits per heavy atom. The van der Waals surface area contributed by atoms with Crippen molar-refractivity contribution in [2.45, 2.75) is 78.0 Å². The van der Waals surface area contributed by atoms with E-state index in [1.54, 1.807) is 10.6 Å². The highest BCUT2D eigenvalue weighted by atomic mass is 31.2. The van der Waals surface area contributed by atoms with Gasteiger partial charge in [0.15, 0.2) is 0 Å². The number of benzene rings is 2. The van der Waals surface area contributed by atoms with E-state index in [0.29, 0.717) is 22.6 Å². The van der Waals surface area contributed by atoms with Gasteiger partial charge in [-0.15, -0.1) is 0 Å². The van der Waals surface area contributed by atoms with Crippen molar-refractivity contribution >= 4 is 46.9 Å². The first-order valence-electron chi connectivity index (χ1n) is 11.2. The third kappa shape index (κ3) is 3.38. The lowest BCUT2D eigenvalue weighted by Crippen LogP contribution is -2.26. The molecule has 0 spiro atoms. The van der Waals surface area contributed by atoms with Crippen molar-refractivity contribution in [1.82, 2.24) is 4.98 Å². The lowest BCUT2D eigenvalue weighted by molar-refractivity contribution is 0.998. The Kier molecular flexibility index (Phi) is 6.27. The van der Waals surface area contributed by atoms with Gasteiger partial charge in [0.1, 0.15) is 10.6 Å². The molecule has 0 aliphatic heterocycles. The van der Waals surface area contributed by atoms with Gasteiger partial charge in [0.25, 0.3) is 0 Å². The fraction of sp³-hybridized carbons (Fsp3) is 0.538. The largest absolute Gasteiger partial charge is 0.348 e. The second-order valence-corrected chi connectivity index (χ2v) is 19.9. The van der Waals surface area contributed by atoms with Crippen LogP contribution in [0.4, 0.5) is 0 Å². The molecular formula is C26H41NP2+2. The molecule has 0 unspecified atom stereocenters. The highest BCUT2D eigenvalue weighted by molar-refractivity contribution is 7.84. The van der Waals surface area contributed by atoms with E-state index in [1.807, 2.05) is 0 Å². The summed E-state index contributed by atoms with van der Waals surface area (Å²) < 4.78 is 0. The number of para-hydroxylation sites is 2. The fourth-order valence-corrected chi connectivity index (χ4v) is 11.8. The average Bonchev–Trinajstić information content (AvgIpc) is 3.04. The average molecular weight is 430 g/mol. The van der Waals surface area contributed by atoms with Crippen LogP contribution in [-0.2, 0) is 0 Å². The molecule has 3 aromatic rings. The highest BCUT2D eigenvalue weighted by Gasteiger charge is 2.45. The smallest absolute Gasteiger partial charge is 0.118 e. The maximum Gasteiger partial charge on any atom is 0.118 e. The van der Waals surface area contributed by atoms with Crippen molar-refractivity contribution in [2.24, 2.45) is 0 Å². The monoisotopic (exact) mass is 429 g/mol. The molecule has 0 fully saturated rings. The molecule has 0 saturated carbocycles. The number of rotatable bonds is 6. The zero-order valence-corrected chi connectivity index (χ0v) is 22.0. The van der Waals surface area contributed by atoms with Crippen LogP contribution in [0.3, 0.4) is 0 Å². The molecule has 158 valence electrons. The van der Waals surface area contributed by atoms with Crippen LogP contribution < -0.4 is 10.6 Å². The van der Waals surface area contributed by atoms with E-state index in [0.717, 1.165) is 0 Å². The van der Waals surface area contributed by atoms with Crippen LogP contribution in [0.1, 0.15) is 55.4 Å². The fourth-order valence-electron chi connectivity index (χ4n) is 5.03. The van der Waals surface area contributed by atoms with Crippen molar-refractivity contribution < 1.29 is 0 Å². The molecule has 29 heavy (non-hydrogen) atoms. The van der Waals surface area contributed by atoms with Crippen LogP contribution >= 0.6 is 14.5 Å². The van der Waals surface area contributed by atoms with Gasteiger partial charge in [0, 0.05) is 10.8 Å². The zero-order valence-electron chi connectivity index (χ0n) is 20.2. The zero-order chi connectivity index (χ0) is 21.7. The second kappa shape index (κ2) is 7.98. The second-order valence-electron chi connectivity index (χ2n) is 10.2. The minimum Gasteiger partial charge on any atom is -0.348 e. The summed E-state index contributed by atoms with van der Waals surface area (Å²) in [6, 6.07) is 14.1. The van der Waals surface area contributed by atoms with Crippen LogP contribution in [0.15, 0.2) is 36.4 Å². The molecule has 1 N–H and O–H groups in total. The molecule has 1 heterocycles. The molecule has 0 aliphatic rings. The lowest BCUT2D eigenvalue weighted by atomic mass is 10.1. The first-order valence-corrected chi connectivity index (χ1v) is 16.0. The Morgan fingerprint density at radius 3 is 1.14 bits per heavy atom. The summed E-state index contributed by atoms with van der Waals surface area (Å²) in [7, 11) is -2.57. The molecule has 2 aromatic carbocycles. The van der Waals surface area contributed by atoms with Crippen molar-refractivity contribution in [1.29, 1.82) is 0 Å². The van der Waals surface area contributed by atoms with Gasteiger partial charge in [0.05, 0.1) is 61.5 Å². The molecule has 0 atom stereocenters. The molecular weight excluding hydrogens is 388 g/mol. The molecule has 0 bridgehead atoms. The maximum atomic E-state index is 4.00. The maximum absolute atomic E-state index is 4.00. The van der Waals surface area contributed by atoms with E-state index in [-0.39, 0.29) is 0 Å². The van der Waals surface area contributed by atoms with Gasteiger partial charge < -0.3 is 4.98 Å². The van der Waals surface area contributed by atoms with Crippen molar-refractivity contribution in [3.8, 4) is 0 Å². The van der Waals surface area contributed by atoms with Gasteiger partial charge >= 0.3 is 0 Å². The first-order chi connectivity index (χ1) is 13.5. The number of nitrogens with one attached hydrogen (secondary N) is 1. The number of hydrogen-bond donors (Lipinski definition) is 1. The molecule has 0 saturated heterocycles. The number of H-pyrrole nitrogens is 1. The van der Waals surface area contributed by atoms with E-state index < -0.39 is 14.5 Å². The number of aromatic amines is 1. The van der Waals surface area contributed by atoms with E-state index in [9.17, 15) is 0 Å². The Morgan fingerprint density at radius 1 is 0.552 bits per heavy atom. The normalized spacial score (nSPS) is 13.7. The van der Waals surface area contributed by atoms with Crippen molar-refractivity contribution in [3.63, 3.8) is 0 Å². The summed E-state index contributed by atoms with van der Waals surface area (Å²) in [4.78, 5) is 4.00. The summed E-state index contributed by atoms with van der Waals surface area (Å²) in [6.07, 6.45) is 0. The van der Waals surface area contributed by atoms with Gasteiger partial charge in [-0.05, 0) is 67.5 Å². The van der Waals surface area contributed by atoms with Gasteiger partial charge in [-0.3, -0.25) is 0 Å². The Hall–Kier alpha value is -0.900. The Bertz CT molecular complexity index is 914. The highest BCUT2D eigenvalue weighted by Crippen LogP contribution is 2.64. The van der Waals surface area contributed by atoms with Gasteiger partial charge in [0.2, 0.25) is 0 Å². The SMILES string of the molecule is CC(C)[P+](C)(c1cccc2c1[nH]c1c([P+](C)(C(C)C)C(C)C)cccc12)C(C)C. The van der Waals surface area contributed by atoms with E-state index >= 15 is 0 Å². The van der Waals surface area contributed by atoms with Crippen molar-refractivity contribution in [3.05, 3.63) is 36.4 Å². The number of hydrogen-bond acceptors (Lipinski definition) is 0. The van der Waals surface area contributed by atoms with Crippen molar-refractivity contribution in [2.75, 3.05) is 13.3 Å². The molecule has 0 radical (unpaired) electrons. The Labute approximate surface area is 179 Å². The summed E-state index contributed by atoms with van der Waals surface area (Å²) in [6.45, 7) is 24.5. The summed E-state index contributed by atoms with van der Waals surface area (Å²) in [5, 5.41) is 5.98. The molecule has 3 heteroatoms. The molecule has 0 aliphatic carbocycles. The standard InChI is InChI=1S/C26H41NP2/c1-17(2)28(9,18(3)4)23-15-11-13-21-22-14-12-16-24(26(22)27-25(21)23)29(10,19(5)6)20(7)8/h11-20,27H,1-10H3/q+2. The Balaban J connectivity index is 2.41. The number of fused-ring (bicyclic) bond motifs is 3. The third-order valence-corrected chi connectivity index (χ3v) is 19.4. The molecule has 0 amide bonds. The summed E-state index contributed by atoms with van der Waals surface area (Å²) >= 11 is 0. The van der Waals surface area contributed by atoms with E-state index in [1.165, 1.54) is 21.8 Å². The predicted octanol–water partition coefficient (Wildman–Crippen LogP) is 7.50.